The van der Waals surface area contributed by atoms with Crippen molar-refractivity contribution in [3.8, 4) is 0 Å². The van der Waals surface area contributed by atoms with Gasteiger partial charge in [-0.05, 0) is 240 Å². The van der Waals surface area contributed by atoms with E-state index in [0.717, 1.165) is 130 Å². The zero-order chi connectivity index (χ0) is 47.1. The summed E-state index contributed by atoms with van der Waals surface area (Å²) in [5.41, 5.74) is 1.89. The molecule has 0 aromatic heterocycles. The Bertz CT molecular complexity index is 1690. The molecule has 0 bridgehead atoms. The second kappa shape index (κ2) is 23.6. The van der Waals surface area contributed by atoms with Gasteiger partial charge in [-0.2, -0.15) is 0 Å². The first-order valence-corrected chi connectivity index (χ1v) is 26.1. The lowest BCUT2D eigenvalue weighted by Crippen LogP contribution is -2.24. The van der Waals surface area contributed by atoms with Crippen LogP contribution in [-0.4, -0.2) is 0 Å². The Kier molecular flexibility index (Phi) is 18.2. The topological polar surface area (TPSA) is 0 Å². The highest BCUT2D eigenvalue weighted by Crippen LogP contribution is 2.47. The van der Waals surface area contributed by atoms with Crippen LogP contribution in [0.4, 0.5) is 39.5 Å². The van der Waals surface area contributed by atoms with Crippen molar-refractivity contribution in [1.82, 2.24) is 0 Å². The Morgan fingerprint density at radius 1 is 0.242 bits per heavy atom. The van der Waals surface area contributed by atoms with Gasteiger partial charge in [0.2, 0.25) is 0 Å². The normalized spacial score (nSPS) is 32.9. The number of rotatable bonds is 6. The average Bonchev–Trinajstić information content (AvgIpc) is 3.32. The maximum absolute atomic E-state index is 13.4. The smallest absolute Gasteiger partial charge is 0.194 e. The molecule has 0 atom stereocenters. The second-order valence-corrected chi connectivity index (χ2v) is 22.3. The van der Waals surface area contributed by atoms with Crippen molar-refractivity contribution in [2.45, 2.75) is 193 Å². The van der Waals surface area contributed by atoms with Crippen LogP contribution in [-0.2, 0) is 0 Å². The average molecular weight is 931 g/mol. The molecule has 9 heteroatoms. The fourth-order valence-electron chi connectivity index (χ4n) is 13.5. The third kappa shape index (κ3) is 13.2. The van der Waals surface area contributed by atoms with E-state index in [9.17, 15) is 39.5 Å². The van der Waals surface area contributed by atoms with E-state index < -0.39 is 52.4 Å². The first kappa shape index (κ1) is 50.9. The van der Waals surface area contributed by atoms with E-state index in [0.29, 0.717) is 16.7 Å². The van der Waals surface area contributed by atoms with Crippen LogP contribution in [0.1, 0.15) is 209 Å². The van der Waals surface area contributed by atoms with Crippen LogP contribution in [0.3, 0.4) is 0 Å². The fraction of sp³-hybridized carbons (Fsp3) is 0.684. The predicted octanol–water partition coefficient (Wildman–Crippen LogP) is 18.6. The third-order valence-electron chi connectivity index (χ3n) is 17.9. The number of benzene rings is 3. The molecule has 66 heavy (non-hydrogen) atoms. The summed E-state index contributed by atoms with van der Waals surface area (Å²) in [6.45, 7) is 7.01. The maximum atomic E-state index is 13.4. The third-order valence-corrected chi connectivity index (χ3v) is 17.9. The molecule has 6 fully saturated rings. The molecule has 0 spiro atoms. The van der Waals surface area contributed by atoms with Gasteiger partial charge in [-0.15, -0.1) is 0 Å². The first-order valence-electron chi connectivity index (χ1n) is 26.1. The molecule has 0 radical (unpaired) electrons. The lowest BCUT2D eigenvalue weighted by Gasteiger charge is -2.37. The van der Waals surface area contributed by atoms with Gasteiger partial charge in [0, 0.05) is 0 Å². The van der Waals surface area contributed by atoms with Crippen LogP contribution >= 0.6 is 0 Å². The van der Waals surface area contributed by atoms with Gasteiger partial charge in [0.25, 0.3) is 0 Å². The summed E-state index contributed by atoms with van der Waals surface area (Å²) in [6, 6.07) is 7.12. The molecular formula is C57H75F9. The Morgan fingerprint density at radius 3 is 0.561 bits per heavy atom. The zero-order valence-electron chi connectivity index (χ0n) is 39.8. The molecule has 0 N–H and O–H groups in total. The largest absolute Gasteiger partial charge is 0.204 e. The van der Waals surface area contributed by atoms with E-state index in [4.69, 9.17) is 0 Å². The Labute approximate surface area is 389 Å². The minimum atomic E-state index is -1.35. The monoisotopic (exact) mass is 931 g/mol. The van der Waals surface area contributed by atoms with Gasteiger partial charge in [-0.1, -0.05) is 59.3 Å². The van der Waals surface area contributed by atoms with Crippen LogP contribution in [0.2, 0.25) is 0 Å². The first-order chi connectivity index (χ1) is 31.6. The zero-order valence-corrected chi connectivity index (χ0v) is 39.8. The molecule has 0 heterocycles. The summed E-state index contributed by atoms with van der Waals surface area (Å²) in [5, 5.41) is 0. The van der Waals surface area contributed by atoms with Crippen LogP contribution < -0.4 is 0 Å². The van der Waals surface area contributed by atoms with Crippen LogP contribution in [0.15, 0.2) is 36.4 Å². The van der Waals surface area contributed by atoms with Crippen LogP contribution in [0.25, 0.3) is 0 Å². The lowest BCUT2D eigenvalue weighted by atomic mass is 9.68. The van der Waals surface area contributed by atoms with E-state index in [-0.39, 0.29) is 17.8 Å². The summed E-state index contributed by atoms with van der Waals surface area (Å²) in [5.74, 6) is -2.36. The van der Waals surface area contributed by atoms with Crippen LogP contribution in [0.5, 0.6) is 0 Å². The Hall–Kier alpha value is -2.97. The van der Waals surface area contributed by atoms with Crippen molar-refractivity contribution < 1.29 is 39.5 Å². The molecule has 0 amide bonds. The molecule has 366 valence electrons. The number of hydrogen-bond donors (Lipinski definition) is 0. The highest BCUT2D eigenvalue weighted by Gasteiger charge is 2.34. The minimum Gasteiger partial charge on any atom is -0.204 e. The van der Waals surface area contributed by atoms with Crippen molar-refractivity contribution in [2.75, 3.05) is 0 Å². The van der Waals surface area contributed by atoms with Gasteiger partial charge in [0.15, 0.2) is 52.4 Å². The van der Waals surface area contributed by atoms with E-state index in [1.54, 1.807) is 0 Å². The molecular weight excluding hydrogens is 856 g/mol. The Balaban J connectivity index is 0.000000147. The summed E-state index contributed by atoms with van der Waals surface area (Å²) in [7, 11) is 0. The van der Waals surface area contributed by atoms with Gasteiger partial charge >= 0.3 is 0 Å². The van der Waals surface area contributed by atoms with Crippen molar-refractivity contribution in [2.24, 2.45) is 53.3 Å². The van der Waals surface area contributed by atoms with Gasteiger partial charge in [0.05, 0.1) is 0 Å². The maximum Gasteiger partial charge on any atom is 0.194 e. The predicted molar refractivity (Wildman–Crippen MR) is 246 cm³/mol. The summed E-state index contributed by atoms with van der Waals surface area (Å²) in [6.07, 6.45) is 28.8. The molecule has 6 saturated carbocycles. The molecule has 6 aliphatic rings. The Morgan fingerprint density at radius 2 is 0.394 bits per heavy atom. The molecule has 0 unspecified atom stereocenters. The minimum absolute atomic E-state index is 0.184. The summed E-state index contributed by atoms with van der Waals surface area (Å²) < 4.78 is 119. The van der Waals surface area contributed by atoms with Crippen molar-refractivity contribution in [3.63, 3.8) is 0 Å². The fourth-order valence-corrected chi connectivity index (χ4v) is 13.5. The van der Waals surface area contributed by atoms with Crippen molar-refractivity contribution in [3.05, 3.63) is 105 Å². The van der Waals surface area contributed by atoms with Gasteiger partial charge in [-0.3, -0.25) is 0 Å². The molecule has 0 aliphatic heterocycles. The van der Waals surface area contributed by atoms with Gasteiger partial charge in [-0.25, -0.2) is 39.5 Å². The van der Waals surface area contributed by atoms with Gasteiger partial charge in [0.1, 0.15) is 0 Å². The van der Waals surface area contributed by atoms with Crippen molar-refractivity contribution in [1.29, 1.82) is 0 Å². The highest BCUT2D eigenvalue weighted by molar-refractivity contribution is 5.26. The van der Waals surface area contributed by atoms with E-state index >= 15 is 0 Å². The van der Waals surface area contributed by atoms with Crippen LogP contribution in [0, 0.1) is 106 Å². The second-order valence-electron chi connectivity index (χ2n) is 22.3. The van der Waals surface area contributed by atoms with E-state index in [1.807, 2.05) is 0 Å². The van der Waals surface area contributed by atoms with Crippen molar-refractivity contribution >= 4 is 0 Å². The van der Waals surface area contributed by atoms with Gasteiger partial charge < -0.3 is 0 Å². The SMILES string of the molecule is CC1CCC(C2CCC(c3cc(F)c(F)c(F)c3)CC2)CC1.CC1CCC(C2CCC(c3cc(F)c(F)c(F)c3)CC2)CC1.CC1CCC(C2CCC(c3cc(F)c(F)c(F)c3)CC2)CC1. The molecule has 9 rings (SSSR count). The molecule has 6 aliphatic carbocycles. The summed E-state index contributed by atoms with van der Waals surface area (Å²) in [4.78, 5) is 0. The molecule has 0 saturated heterocycles. The lowest BCUT2D eigenvalue weighted by molar-refractivity contribution is 0.165. The molecule has 0 nitrogen and oxygen atoms in total. The highest BCUT2D eigenvalue weighted by atomic mass is 19.2. The molecule has 3 aromatic carbocycles. The summed E-state index contributed by atoms with van der Waals surface area (Å²) >= 11 is 0. The quantitative estimate of drug-likeness (QED) is 0.171. The number of hydrogen-bond acceptors (Lipinski definition) is 0. The standard InChI is InChI=1S/3C19H25F3/c3*1-12-2-4-13(5-3-12)14-6-8-15(9-7-14)16-10-17(20)19(22)18(21)11-16/h3*10-15H,2-9H2,1H3. The van der Waals surface area contributed by atoms with E-state index in [2.05, 4.69) is 20.8 Å². The number of halogens is 9. The van der Waals surface area contributed by atoms with E-state index in [1.165, 1.54) is 113 Å². The molecule has 3 aromatic rings.